The first-order valence-corrected chi connectivity index (χ1v) is 10.3. The minimum Gasteiger partial charge on any atom is -0.356 e. The van der Waals surface area contributed by atoms with Gasteiger partial charge >= 0.3 is 0 Å². The van der Waals surface area contributed by atoms with E-state index in [0.717, 1.165) is 38.4 Å². The minimum atomic E-state index is 0. The van der Waals surface area contributed by atoms with Crippen molar-refractivity contribution in [2.45, 2.75) is 45.6 Å². The predicted molar refractivity (Wildman–Crippen MR) is 123 cm³/mol. The Hall–Kier alpha value is -1.16. The maximum atomic E-state index is 4.72. The fraction of sp³-hybridized carbons (Fsp3) is 0.632. The van der Waals surface area contributed by atoms with E-state index in [9.17, 15) is 0 Å². The van der Waals surface area contributed by atoms with Crippen molar-refractivity contribution >= 4 is 41.3 Å². The molecule has 3 rings (SSSR count). The first kappa shape index (κ1) is 22.1. The molecule has 2 aromatic heterocycles. The number of aliphatic imine (C=N–C) groups is 1. The average Bonchev–Trinajstić information content (AvgIpc) is 3.31. The van der Waals surface area contributed by atoms with Crippen molar-refractivity contribution in [1.82, 2.24) is 24.8 Å². The summed E-state index contributed by atoms with van der Waals surface area (Å²) < 4.78 is 2.23. The van der Waals surface area contributed by atoms with Crippen molar-refractivity contribution < 1.29 is 0 Å². The van der Waals surface area contributed by atoms with E-state index in [1.165, 1.54) is 10.7 Å². The lowest BCUT2D eigenvalue weighted by molar-refractivity contribution is 0.189. The minimum absolute atomic E-state index is 0. The Labute approximate surface area is 183 Å². The molecule has 0 bridgehead atoms. The Bertz CT molecular complexity index is 712. The van der Waals surface area contributed by atoms with Gasteiger partial charge in [0.1, 0.15) is 0 Å². The molecule has 0 spiro atoms. The van der Waals surface area contributed by atoms with Gasteiger partial charge in [-0.1, -0.05) is 20.8 Å². The maximum Gasteiger partial charge on any atom is 0.193 e. The Balaban J connectivity index is 0.00000261. The van der Waals surface area contributed by atoms with Gasteiger partial charge in [0.25, 0.3) is 0 Å². The van der Waals surface area contributed by atoms with E-state index in [0.29, 0.717) is 17.9 Å². The molecule has 0 aliphatic carbocycles. The van der Waals surface area contributed by atoms with Crippen LogP contribution in [0.15, 0.2) is 29.1 Å². The van der Waals surface area contributed by atoms with Crippen molar-refractivity contribution in [3.05, 3.63) is 34.8 Å². The topological polar surface area (TPSA) is 58.3 Å². The zero-order chi connectivity index (χ0) is 18.5. The summed E-state index contributed by atoms with van der Waals surface area (Å²) >= 11 is 1.76. The molecule has 1 N–H and O–H groups in total. The summed E-state index contributed by atoms with van der Waals surface area (Å²) in [6.45, 7) is 9.57. The van der Waals surface area contributed by atoms with Crippen molar-refractivity contribution in [3.63, 3.8) is 0 Å². The summed E-state index contributed by atoms with van der Waals surface area (Å²) in [5.41, 5.74) is 1.17. The van der Waals surface area contributed by atoms with E-state index < -0.39 is 0 Å². The number of guanidine groups is 1. The summed E-state index contributed by atoms with van der Waals surface area (Å²) in [5, 5.41) is 6.92. The fourth-order valence-corrected chi connectivity index (χ4v) is 4.30. The van der Waals surface area contributed by atoms with Crippen LogP contribution in [0.2, 0.25) is 0 Å². The van der Waals surface area contributed by atoms with Crippen LogP contribution in [0.4, 0.5) is 0 Å². The smallest absolute Gasteiger partial charge is 0.193 e. The number of piperidine rings is 1. The zero-order valence-electron chi connectivity index (χ0n) is 16.6. The molecule has 0 radical (unpaired) electrons. The number of halogens is 1. The Kier molecular flexibility index (Phi) is 8.53. The molecule has 1 aliphatic rings. The monoisotopic (exact) mass is 502 g/mol. The zero-order valence-corrected chi connectivity index (χ0v) is 19.8. The SMILES string of the molecule is CN=C(NCCc1csc(C(C)C)n1)N1CCC(C)C(n2ccnc2)C1.I. The molecular weight excluding hydrogens is 471 g/mol. The van der Waals surface area contributed by atoms with Crippen LogP contribution in [0.3, 0.4) is 0 Å². The molecule has 3 heterocycles. The Morgan fingerprint density at radius 2 is 2.26 bits per heavy atom. The van der Waals surface area contributed by atoms with Crippen LogP contribution in [0.1, 0.15) is 49.9 Å². The molecule has 1 saturated heterocycles. The molecular formula is C19H31IN6S. The number of thiazole rings is 1. The van der Waals surface area contributed by atoms with Crippen LogP contribution in [0.5, 0.6) is 0 Å². The third-order valence-electron chi connectivity index (χ3n) is 5.07. The lowest BCUT2D eigenvalue weighted by atomic mass is 9.93. The van der Waals surface area contributed by atoms with Crippen molar-refractivity contribution in [1.29, 1.82) is 0 Å². The van der Waals surface area contributed by atoms with Gasteiger partial charge in [0.2, 0.25) is 0 Å². The lowest BCUT2D eigenvalue weighted by Gasteiger charge is -2.39. The average molecular weight is 502 g/mol. The number of nitrogens with zero attached hydrogens (tertiary/aromatic N) is 5. The van der Waals surface area contributed by atoms with Gasteiger partial charge in [-0.3, -0.25) is 4.99 Å². The molecule has 0 aromatic carbocycles. The largest absolute Gasteiger partial charge is 0.356 e. The van der Waals surface area contributed by atoms with Gasteiger partial charge in [-0.2, -0.15) is 0 Å². The summed E-state index contributed by atoms with van der Waals surface area (Å²) in [6, 6.07) is 0.442. The molecule has 2 atom stereocenters. The molecule has 1 fully saturated rings. The number of nitrogens with one attached hydrogen (secondary N) is 1. The highest BCUT2D eigenvalue weighted by molar-refractivity contribution is 14.0. The number of hydrogen-bond donors (Lipinski definition) is 1. The van der Waals surface area contributed by atoms with Gasteiger partial charge in [-0.15, -0.1) is 35.3 Å². The van der Waals surface area contributed by atoms with Crippen LogP contribution < -0.4 is 5.32 Å². The molecule has 150 valence electrons. The highest BCUT2D eigenvalue weighted by atomic mass is 127. The Morgan fingerprint density at radius 3 is 2.89 bits per heavy atom. The van der Waals surface area contributed by atoms with E-state index in [2.05, 4.69) is 57.1 Å². The third kappa shape index (κ3) is 5.66. The molecule has 0 amide bonds. The third-order valence-corrected chi connectivity index (χ3v) is 6.26. The van der Waals surface area contributed by atoms with Gasteiger partial charge in [-0.25, -0.2) is 9.97 Å². The molecule has 6 nitrogen and oxygen atoms in total. The second-order valence-electron chi connectivity index (χ2n) is 7.34. The van der Waals surface area contributed by atoms with E-state index in [1.807, 2.05) is 19.6 Å². The first-order valence-electron chi connectivity index (χ1n) is 9.45. The highest BCUT2D eigenvalue weighted by Gasteiger charge is 2.28. The van der Waals surface area contributed by atoms with E-state index in [1.54, 1.807) is 11.3 Å². The highest BCUT2D eigenvalue weighted by Crippen LogP contribution is 2.27. The summed E-state index contributed by atoms with van der Waals surface area (Å²) in [5.74, 6) is 2.13. The second-order valence-corrected chi connectivity index (χ2v) is 8.23. The van der Waals surface area contributed by atoms with Crippen molar-refractivity contribution in [3.8, 4) is 0 Å². The van der Waals surface area contributed by atoms with Crippen molar-refractivity contribution in [2.24, 2.45) is 10.9 Å². The first-order chi connectivity index (χ1) is 12.6. The van der Waals surface area contributed by atoms with E-state index >= 15 is 0 Å². The number of rotatable bonds is 5. The second kappa shape index (κ2) is 10.4. The summed E-state index contributed by atoms with van der Waals surface area (Å²) in [7, 11) is 1.87. The molecule has 2 aromatic rings. The van der Waals surface area contributed by atoms with Crippen molar-refractivity contribution in [2.75, 3.05) is 26.7 Å². The number of hydrogen-bond acceptors (Lipinski definition) is 4. The molecule has 8 heteroatoms. The van der Waals surface area contributed by atoms with Crippen LogP contribution in [-0.4, -0.2) is 52.1 Å². The molecule has 2 unspecified atom stereocenters. The fourth-order valence-electron chi connectivity index (χ4n) is 3.43. The van der Waals surface area contributed by atoms with Gasteiger partial charge in [-0.05, 0) is 12.3 Å². The van der Waals surface area contributed by atoms with Crippen LogP contribution >= 0.6 is 35.3 Å². The van der Waals surface area contributed by atoms with Gasteiger partial charge in [0, 0.05) is 56.8 Å². The molecule has 1 aliphatic heterocycles. The van der Waals surface area contributed by atoms with Gasteiger partial charge in [0.05, 0.1) is 23.1 Å². The maximum absolute atomic E-state index is 4.72. The van der Waals surface area contributed by atoms with Gasteiger partial charge in [0.15, 0.2) is 5.96 Å². The normalized spacial score (nSPS) is 20.6. The quantitative estimate of drug-likeness (QED) is 0.384. The Morgan fingerprint density at radius 1 is 1.44 bits per heavy atom. The number of aromatic nitrogens is 3. The summed E-state index contributed by atoms with van der Waals surface area (Å²) in [4.78, 5) is 15.8. The van der Waals surface area contributed by atoms with Gasteiger partial charge < -0.3 is 14.8 Å². The predicted octanol–water partition coefficient (Wildman–Crippen LogP) is 3.78. The molecule has 0 saturated carbocycles. The van der Waals surface area contributed by atoms with E-state index in [-0.39, 0.29) is 24.0 Å². The summed E-state index contributed by atoms with van der Waals surface area (Å²) in [6.07, 6.45) is 7.94. The van der Waals surface area contributed by atoms with Crippen LogP contribution in [0.25, 0.3) is 0 Å². The number of imidazole rings is 1. The van der Waals surface area contributed by atoms with Crippen LogP contribution in [-0.2, 0) is 6.42 Å². The van der Waals surface area contributed by atoms with Crippen LogP contribution in [0, 0.1) is 5.92 Å². The van der Waals surface area contributed by atoms with E-state index in [4.69, 9.17) is 4.98 Å². The standard InChI is InChI=1S/C19H30N6S.HI/c1-14(2)18-23-16(12-26-18)5-7-22-19(20-4)24-9-6-15(3)17(11-24)25-10-8-21-13-25;/h8,10,12-15,17H,5-7,9,11H2,1-4H3,(H,20,22);1H. The number of likely N-dealkylation sites (tertiary alicyclic amines) is 1. The lowest BCUT2D eigenvalue weighted by Crippen LogP contribution is -2.49. The molecule has 27 heavy (non-hydrogen) atoms.